The van der Waals surface area contributed by atoms with E-state index in [-0.39, 0.29) is 16.9 Å². The van der Waals surface area contributed by atoms with Crippen molar-refractivity contribution in [3.05, 3.63) is 63.5 Å². The number of hydrogen-bond donors (Lipinski definition) is 0. The van der Waals surface area contributed by atoms with Crippen LogP contribution in [0, 0.1) is 13.8 Å². The molecule has 6 nitrogen and oxygen atoms in total. The van der Waals surface area contributed by atoms with Gasteiger partial charge in [-0.15, -0.1) is 0 Å². The summed E-state index contributed by atoms with van der Waals surface area (Å²) in [4.78, 5) is 23.2. The monoisotopic (exact) mass is 407 g/mol. The molecule has 0 unspecified atom stereocenters. The van der Waals surface area contributed by atoms with Crippen molar-refractivity contribution in [1.29, 1.82) is 0 Å². The van der Waals surface area contributed by atoms with E-state index in [1.54, 1.807) is 26.0 Å². The van der Waals surface area contributed by atoms with Crippen LogP contribution in [0.3, 0.4) is 0 Å². The fourth-order valence-electron chi connectivity index (χ4n) is 2.59. The lowest BCUT2D eigenvalue weighted by molar-refractivity contribution is -0.307. The third-order valence-corrected chi connectivity index (χ3v) is 3.99. The molecule has 0 N–H and O–H groups in total. The van der Waals surface area contributed by atoms with Crippen molar-refractivity contribution >= 4 is 16.9 Å². The Morgan fingerprint density at radius 3 is 2.52 bits per heavy atom. The van der Waals surface area contributed by atoms with Crippen LogP contribution < -0.4 is 20.0 Å². The van der Waals surface area contributed by atoms with Crippen LogP contribution in [-0.4, -0.2) is 12.6 Å². The van der Waals surface area contributed by atoms with Gasteiger partial charge >= 0.3 is 6.18 Å². The Balaban J connectivity index is 2.17. The van der Waals surface area contributed by atoms with Crippen molar-refractivity contribution in [1.82, 2.24) is 0 Å². The van der Waals surface area contributed by atoms with Crippen molar-refractivity contribution in [3.8, 4) is 17.2 Å². The molecule has 9 heteroatoms. The zero-order chi connectivity index (χ0) is 21.3. The number of fused-ring (bicyclic) bond motifs is 1. The molecule has 0 bridgehead atoms. The van der Waals surface area contributed by atoms with Crippen LogP contribution in [0.15, 0.2) is 45.6 Å². The van der Waals surface area contributed by atoms with Gasteiger partial charge in [-0.05, 0) is 43.2 Å². The number of rotatable bonds is 5. The van der Waals surface area contributed by atoms with Crippen LogP contribution >= 0.6 is 0 Å². The molecule has 0 aliphatic carbocycles. The number of hydrogen-bond acceptors (Lipinski definition) is 6. The van der Waals surface area contributed by atoms with E-state index in [4.69, 9.17) is 13.9 Å². The molecular weight excluding hydrogens is 393 g/mol. The Bertz CT molecular complexity index is 1150. The zero-order valence-corrected chi connectivity index (χ0v) is 15.3. The molecule has 0 aliphatic rings. The Morgan fingerprint density at radius 2 is 1.86 bits per heavy atom. The van der Waals surface area contributed by atoms with Crippen LogP contribution in [0.1, 0.15) is 16.9 Å². The maximum Gasteiger partial charge on any atom is 0.453 e. The van der Waals surface area contributed by atoms with E-state index in [9.17, 15) is 27.9 Å². The first-order valence-electron chi connectivity index (χ1n) is 8.32. The molecule has 3 rings (SSSR count). The summed E-state index contributed by atoms with van der Waals surface area (Å²) >= 11 is 0. The highest BCUT2D eigenvalue weighted by Gasteiger charge is 2.40. The molecule has 0 aliphatic heterocycles. The number of halogens is 3. The number of carboxylic acid groups (broad SMARTS) is 1. The van der Waals surface area contributed by atoms with Gasteiger partial charge in [0.2, 0.25) is 11.2 Å². The number of benzene rings is 2. The van der Waals surface area contributed by atoms with Crippen molar-refractivity contribution < 1.29 is 37.0 Å². The molecule has 1 aromatic heterocycles. The number of carbonyl (C=O) groups excluding carboxylic acids is 1. The minimum Gasteiger partial charge on any atom is -0.546 e. The first-order valence-corrected chi connectivity index (χ1v) is 8.32. The summed E-state index contributed by atoms with van der Waals surface area (Å²) in [5.74, 6) is -4.10. The SMILES string of the molecule is Cc1ccc(C)c(Oc2c(C(F)(F)F)oc3cc(OCC(=O)[O-])ccc3c2=O)c1. The fourth-order valence-corrected chi connectivity index (χ4v) is 2.59. The van der Waals surface area contributed by atoms with Gasteiger partial charge in [-0.3, -0.25) is 4.79 Å². The van der Waals surface area contributed by atoms with Crippen molar-refractivity contribution in [2.24, 2.45) is 0 Å². The molecule has 1 heterocycles. The lowest BCUT2D eigenvalue weighted by Crippen LogP contribution is -2.28. The van der Waals surface area contributed by atoms with Crippen molar-refractivity contribution in [2.45, 2.75) is 20.0 Å². The van der Waals surface area contributed by atoms with E-state index in [2.05, 4.69) is 0 Å². The Kier molecular flexibility index (Phi) is 5.23. The summed E-state index contributed by atoms with van der Waals surface area (Å²) < 4.78 is 55.8. The smallest absolute Gasteiger partial charge is 0.453 e. The van der Waals surface area contributed by atoms with E-state index in [1.165, 1.54) is 18.2 Å². The average Bonchev–Trinajstić information content (AvgIpc) is 2.64. The number of carbonyl (C=O) groups is 1. The first-order chi connectivity index (χ1) is 13.6. The largest absolute Gasteiger partial charge is 0.546 e. The summed E-state index contributed by atoms with van der Waals surface area (Å²) in [6, 6.07) is 8.32. The van der Waals surface area contributed by atoms with Gasteiger partial charge in [0.25, 0.3) is 5.76 Å². The minimum atomic E-state index is -5.01. The normalized spacial score (nSPS) is 11.5. The van der Waals surface area contributed by atoms with Crippen molar-refractivity contribution in [3.63, 3.8) is 0 Å². The van der Waals surface area contributed by atoms with Crippen LogP contribution in [-0.2, 0) is 11.0 Å². The molecule has 0 amide bonds. The maximum absolute atomic E-state index is 13.6. The minimum absolute atomic E-state index is 0.0936. The second-order valence-electron chi connectivity index (χ2n) is 6.28. The molecule has 0 saturated carbocycles. The van der Waals surface area contributed by atoms with Gasteiger partial charge < -0.3 is 23.8 Å². The third-order valence-electron chi connectivity index (χ3n) is 3.99. The molecule has 0 saturated heterocycles. The first kappa shape index (κ1) is 20.2. The van der Waals surface area contributed by atoms with Crippen LogP contribution in [0.5, 0.6) is 17.2 Å². The number of aryl methyl sites for hydroxylation is 2. The summed E-state index contributed by atoms with van der Waals surface area (Å²) in [7, 11) is 0. The topological polar surface area (TPSA) is 88.8 Å². The number of carboxylic acids is 1. The Morgan fingerprint density at radius 1 is 1.14 bits per heavy atom. The standard InChI is InChI=1S/C20H15F3O6/c1-10-3-4-11(2)14(7-10)28-18-17(26)13-6-5-12(27-9-16(24)25)8-15(13)29-19(18)20(21,22)23/h3-8H,9H2,1-2H3,(H,24,25)/p-1. The van der Waals surface area contributed by atoms with E-state index in [1.807, 2.05) is 0 Å². The molecule has 152 valence electrons. The van der Waals surface area contributed by atoms with Crippen LogP contribution in [0.4, 0.5) is 13.2 Å². The zero-order valence-electron chi connectivity index (χ0n) is 15.3. The Labute approximate surface area is 162 Å². The molecule has 3 aromatic rings. The van der Waals surface area contributed by atoms with Gasteiger partial charge in [0, 0.05) is 6.07 Å². The maximum atomic E-state index is 13.6. The average molecular weight is 407 g/mol. The fraction of sp³-hybridized carbons (Fsp3) is 0.200. The molecule has 2 aromatic carbocycles. The second kappa shape index (κ2) is 7.50. The lowest BCUT2D eigenvalue weighted by atomic mass is 10.1. The van der Waals surface area contributed by atoms with Gasteiger partial charge in [-0.1, -0.05) is 12.1 Å². The highest BCUT2D eigenvalue weighted by Crippen LogP contribution is 2.39. The van der Waals surface area contributed by atoms with E-state index in [0.717, 1.165) is 11.6 Å². The molecule has 0 atom stereocenters. The molecule has 0 fully saturated rings. The van der Waals surface area contributed by atoms with Gasteiger partial charge in [-0.2, -0.15) is 13.2 Å². The van der Waals surface area contributed by atoms with Crippen LogP contribution in [0.25, 0.3) is 11.0 Å². The van der Waals surface area contributed by atoms with Crippen LogP contribution in [0.2, 0.25) is 0 Å². The number of aliphatic carboxylic acids is 1. The lowest BCUT2D eigenvalue weighted by Gasteiger charge is -2.15. The van der Waals surface area contributed by atoms with E-state index >= 15 is 0 Å². The quantitative estimate of drug-likeness (QED) is 0.645. The summed E-state index contributed by atoms with van der Waals surface area (Å²) in [6.07, 6.45) is -5.01. The van der Waals surface area contributed by atoms with Gasteiger partial charge in [0.15, 0.2) is 0 Å². The summed E-state index contributed by atoms with van der Waals surface area (Å²) in [5, 5.41) is 10.3. The van der Waals surface area contributed by atoms with Crippen molar-refractivity contribution in [2.75, 3.05) is 6.61 Å². The highest BCUT2D eigenvalue weighted by molar-refractivity contribution is 5.80. The number of alkyl halides is 3. The van der Waals surface area contributed by atoms with Gasteiger partial charge in [0.05, 0.1) is 11.4 Å². The summed E-state index contributed by atoms with van der Waals surface area (Å²) in [6.45, 7) is 2.55. The third kappa shape index (κ3) is 4.34. The van der Waals surface area contributed by atoms with Gasteiger partial charge in [-0.25, -0.2) is 0 Å². The predicted octanol–water partition coefficient (Wildman–Crippen LogP) is 3.35. The second-order valence-corrected chi connectivity index (χ2v) is 6.28. The molecule has 0 radical (unpaired) electrons. The van der Waals surface area contributed by atoms with Gasteiger partial charge in [0.1, 0.15) is 23.7 Å². The van der Waals surface area contributed by atoms with E-state index in [0.29, 0.717) is 5.56 Å². The molecular formula is C20H14F3O6-. The molecule has 0 spiro atoms. The highest BCUT2D eigenvalue weighted by atomic mass is 19.4. The van der Waals surface area contributed by atoms with E-state index < -0.39 is 41.3 Å². The number of ether oxygens (including phenoxy) is 2. The summed E-state index contributed by atoms with van der Waals surface area (Å²) in [5.41, 5.74) is -0.175. The predicted molar refractivity (Wildman–Crippen MR) is 94.0 cm³/mol. The molecule has 29 heavy (non-hydrogen) atoms. The Hall–Kier alpha value is -3.49.